The number of likely N-dealkylation sites (tertiary alicyclic amines) is 1. The summed E-state index contributed by atoms with van der Waals surface area (Å²) in [5.41, 5.74) is -0.541. The maximum atomic E-state index is 9.34. The van der Waals surface area contributed by atoms with Gasteiger partial charge in [-0.05, 0) is 6.42 Å². The van der Waals surface area contributed by atoms with Gasteiger partial charge in [-0.25, -0.2) is 0 Å². The van der Waals surface area contributed by atoms with Crippen molar-refractivity contribution in [3.63, 3.8) is 0 Å². The smallest absolute Gasteiger partial charge is 0.193 e. The molecule has 1 heterocycles. The summed E-state index contributed by atoms with van der Waals surface area (Å²) in [5.74, 6) is -0.565. The quantitative estimate of drug-likeness (QED) is 0.585. The van der Waals surface area contributed by atoms with Crippen molar-refractivity contribution in [3.05, 3.63) is 0 Å². The van der Waals surface area contributed by atoms with Crippen molar-refractivity contribution in [1.82, 2.24) is 4.90 Å². The zero-order valence-electron chi connectivity index (χ0n) is 9.69. The molecule has 0 saturated carbocycles. The molecule has 1 saturated heterocycles. The third-order valence-corrected chi connectivity index (χ3v) is 3.53. The molecule has 2 N–H and O–H groups in total. The second-order valence-corrected chi connectivity index (χ2v) is 4.07. The summed E-state index contributed by atoms with van der Waals surface area (Å²) in [6.45, 7) is 3.00. The molecule has 0 atom stereocenters. The van der Waals surface area contributed by atoms with Crippen LogP contribution in [0.4, 0.5) is 0 Å². The Labute approximate surface area is 90.6 Å². The van der Waals surface area contributed by atoms with Crippen LogP contribution in [-0.2, 0) is 9.47 Å². The molecule has 15 heavy (non-hydrogen) atoms. The van der Waals surface area contributed by atoms with Gasteiger partial charge < -0.3 is 19.7 Å². The van der Waals surface area contributed by atoms with Gasteiger partial charge >= 0.3 is 0 Å². The molecule has 0 aromatic rings. The largest absolute Gasteiger partial charge is 0.394 e. The van der Waals surface area contributed by atoms with E-state index in [0.717, 1.165) is 0 Å². The Kier molecular flexibility index (Phi) is 4.08. The molecule has 0 aliphatic carbocycles. The van der Waals surface area contributed by atoms with Gasteiger partial charge in [0.15, 0.2) is 5.79 Å². The lowest BCUT2D eigenvalue weighted by molar-refractivity contribution is -0.297. The van der Waals surface area contributed by atoms with Gasteiger partial charge in [-0.1, -0.05) is 6.92 Å². The Morgan fingerprint density at radius 1 is 1.20 bits per heavy atom. The summed E-state index contributed by atoms with van der Waals surface area (Å²) in [6, 6.07) is 0. The van der Waals surface area contributed by atoms with Gasteiger partial charge in [-0.2, -0.15) is 0 Å². The Morgan fingerprint density at radius 3 is 1.93 bits per heavy atom. The molecule has 0 radical (unpaired) electrons. The summed E-state index contributed by atoms with van der Waals surface area (Å²) >= 11 is 0. The Hall–Kier alpha value is -0.200. The lowest BCUT2D eigenvalue weighted by Gasteiger charge is -2.55. The zero-order valence-corrected chi connectivity index (χ0v) is 9.69. The highest BCUT2D eigenvalue weighted by Crippen LogP contribution is 2.33. The van der Waals surface area contributed by atoms with Crippen LogP contribution in [0, 0.1) is 0 Å². The maximum Gasteiger partial charge on any atom is 0.193 e. The normalized spacial score (nSPS) is 21.4. The van der Waals surface area contributed by atoms with Crippen LogP contribution in [-0.4, -0.2) is 67.0 Å². The molecule has 1 fully saturated rings. The summed E-state index contributed by atoms with van der Waals surface area (Å²) < 4.78 is 10.5. The van der Waals surface area contributed by atoms with Crippen molar-refractivity contribution in [2.24, 2.45) is 0 Å². The van der Waals surface area contributed by atoms with E-state index in [-0.39, 0.29) is 13.2 Å². The predicted octanol–water partition coefficient (Wildman–Crippen LogP) is -0.575. The van der Waals surface area contributed by atoms with Crippen LogP contribution in [0.2, 0.25) is 0 Å². The van der Waals surface area contributed by atoms with Crippen molar-refractivity contribution < 1.29 is 19.7 Å². The molecule has 5 nitrogen and oxygen atoms in total. The van der Waals surface area contributed by atoms with Crippen molar-refractivity contribution in [1.29, 1.82) is 0 Å². The van der Waals surface area contributed by atoms with Gasteiger partial charge in [0.05, 0.1) is 31.8 Å². The molecule has 5 heteroatoms. The molecule has 0 amide bonds. The summed E-state index contributed by atoms with van der Waals surface area (Å²) in [5, 5.41) is 18.7. The van der Waals surface area contributed by atoms with Crippen LogP contribution in [0.15, 0.2) is 0 Å². The first kappa shape index (κ1) is 12.9. The van der Waals surface area contributed by atoms with E-state index in [0.29, 0.717) is 19.5 Å². The summed E-state index contributed by atoms with van der Waals surface area (Å²) in [6.07, 6.45) is 0.698. The number of aliphatic hydroxyl groups is 2. The Balaban J connectivity index is 2.62. The van der Waals surface area contributed by atoms with E-state index in [4.69, 9.17) is 9.47 Å². The molecule has 0 spiro atoms. The van der Waals surface area contributed by atoms with E-state index in [1.807, 2.05) is 11.8 Å². The molecule has 1 aliphatic heterocycles. The fraction of sp³-hybridized carbons (Fsp3) is 1.00. The number of nitrogens with zero attached hydrogens (tertiary/aromatic N) is 1. The van der Waals surface area contributed by atoms with Gasteiger partial charge in [0.2, 0.25) is 0 Å². The molecule has 0 aromatic carbocycles. The Bertz CT molecular complexity index is 185. The number of hydrogen-bond donors (Lipinski definition) is 2. The van der Waals surface area contributed by atoms with Crippen LogP contribution in [0.3, 0.4) is 0 Å². The van der Waals surface area contributed by atoms with Crippen molar-refractivity contribution in [2.75, 3.05) is 40.5 Å². The monoisotopic (exact) mass is 219 g/mol. The first-order valence-corrected chi connectivity index (χ1v) is 5.19. The number of aliphatic hydroxyl groups excluding tert-OH is 2. The third-order valence-electron chi connectivity index (χ3n) is 3.53. The molecule has 1 aliphatic rings. The first-order valence-electron chi connectivity index (χ1n) is 5.19. The number of rotatable bonds is 6. The van der Waals surface area contributed by atoms with Crippen LogP contribution in [0.25, 0.3) is 0 Å². The van der Waals surface area contributed by atoms with Crippen LogP contribution >= 0.6 is 0 Å². The van der Waals surface area contributed by atoms with Crippen LogP contribution in [0.1, 0.15) is 13.3 Å². The molecule has 90 valence electrons. The molecular formula is C10H21NO4. The highest BCUT2D eigenvalue weighted by Gasteiger charge is 2.51. The highest BCUT2D eigenvalue weighted by atomic mass is 16.7. The van der Waals surface area contributed by atoms with E-state index < -0.39 is 11.3 Å². The van der Waals surface area contributed by atoms with Crippen LogP contribution in [0.5, 0.6) is 0 Å². The molecule has 0 aromatic heterocycles. The molecule has 1 rings (SSSR count). The summed E-state index contributed by atoms with van der Waals surface area (Å²) in [4.78, 5) is 2.00. The van der Waals surface area contributed by atoms with Gasteiger partial charge in [-0.3, -0.25) is 4.90 Å². The van der Waals surface area contributed by atoms with Gasteiger partial charge in [0.1, 0.15) is 0 Å². The standard InChI is InChI=1S/C10H21NO4/c1-4-9(7-12,8-13)11-5-10(6-11,14-2)15-3/h12-13H,4-8H2,1-3H3. The maximum absolute atomic E-state index is 9.34. The number of hydrogen-bond acceptors (Lipinski definition) is 5. The Morgan fingerprint density at radius 2 is 1.67 bits per heavy atom. The lowest BCUT2D eigenvalue weighted by atomic mass is 9.90. The minimum atomic E-state index is -0.565. The molecule has 0 unspecified atom stereocenters. The van der Waals surface area contributed by atoms with Gasteiger partial charge in [0, 0.05) is 14.2 Å². The average molecular weight is 219 g/mol. The predicted molar refractivity (Wildman–Crippen MR) is 55.5 cm³/mol. The van der Waals surface area contributed by atoms with E-state index in [1.54, 1.807) is 14.2 Å². The first-order chi connectivity index (χ1) is 7.12. The van der Waals surface area contributed by atoms with Gasteiger partial charge in [0.25, 0.3) is 0 Å². The average Bonchev–Trinajstić information content (AvgIpc) is 2.24. The van der Waals surface area contributed by atoms with E-state index in [9.17, 15) is 10.2 Å². The number of methoxy groups -OCH3 is 2. The topological polar surface area (TPSA) is 62.2 Å². The van der Waals surface area contributed by atoms with E-state index >= 15 is 0 Å². The second kappa shape index (κ2) is 4.76. The van der Waals surface area contributed by atoms with E-state index in [1.165, 1.54) is 0 Å². The highest BCUT2D eigenvalue weighted by molar-refractivity contribution is 5.00. The number of ether oxygens (including phenoxy) is 2. The van der Waals surface area contributed by atoms with Gasteiger partial charge in [-0.15, -0.1) is 0 Å². The van der Waals surface area contributed by atoms with Crippen molar-refractivity contribution >= 4 is 0 Å². The summed E-state index contributed by atoms with van der Waals surface area (Å²) in [7, 11) is 3.21. The fourth-order valence-corrected chi connectivity index (χ4v) is 1.91. The SMILES string of the molecule is CCC(CO)(CO)N1CC(OC)(OC)C1. The minimum Gasteiger partial charge on any atom is -0.394 e. The zero-order chi connectivity index (χ0) is 11.5. The third kappa shape index (κ3) is 2.03. The minimum absolute atomic E-state index is 0.0521. The lowest BCUT2D eigenvalue weighted by Crippen LogP contribution is -2.72. The fourth-order valence-electron chi connectivity index (χ4n) is 1.91. The van der Waals surface area contributed by atoms with Crippen molar-refractivity contribution in [3.8, 4) is 0 Å². The molecule has 0 bridgehead atoms. The second-order valence-electron chi connectivity index (χ2n) is 4.07. The van der Waals surface area contributed by atoms with Crippen molar-refractivity contribution in [2.45, 2.75) is 24.7 Å². The molecular weight excluding hydrogens is 198 g/mol. The van der Waals surface area contributed by atoms with E-state index in [2.05, 4.69) is 0 Å². The van der Waals surface area contributed by atoms with Crippen LogP contribution < -0.4 is 0 Å².